The molecule has 0 saturated carbocycles. The van der Waals surface area contributed by atoms with Gasteiger partial charge >= 0.3 is 0 Å². The minimum absolute atomic E-state index is 0.347. The quantitative estimate of drug-likeness (QED) is 0.599. The Hall–Kier alpha value is -2.35. The molecule has 0 aliphatic heterocycles. The van der Waals surface area contributed by atoms with E-state index in [1.165, 1.54) is 5.56 Å². The fourth-order valence-electron chi connectivity index (χ4n) is 3.11. The lowest BCUT2D eigenvalue weighted by Gasteiger charge is -2.17. The standard InChI is InChI=1S/C20H21ClN4/c1-24(15-16-7-3-2-4-8-16)11-6-12-25-18-10-5-9-17(14-22)20(18)23-19(25)13-21/h2-5,7-10H,6,11-13,15H2,1H3. The van der Waals surface area contributed by atoms with Crippen LogP contribution in [0.4, 0.5) is 0 Å². The van der Waals surface area contributed by atoms with Gasteiger partial charge in [0.2, 0.25) is 0 Å². The second-order valence-corrected chi connectivity index (χ2v) is 6.44. The molecule has 1 aromatic heterocycles. The molecule has 3 aromatic rings. The number of nitrogens with zero attached hydrogens (tertiary/aromatic N) is 4. The van der Waals surface area contributed by atoms with Gasteiger partial charge in [-0.3, -0.25) is 0 Å². The molecule has 1 heterocycles. The smallest absolute Gasteiger partial charge is 0.124 e. The molecule has 0 aliphatic rings. The zero-order chi connectivity index (χ0) is 17.6. The molecule has 2 aromatic carbocycles. The molecule has 3 rings (SSSR count). The number of nitriles is 1. The van der Waals surface area contributed by atoms with Crippen molar-refractivity contribution in [2.45, 2.75) is 25.4 Å². The lowest BCUT2D eigenvalue weighted by atomic mass is 10.2. The van der Waals surface area contributed by atoms with Crippen molar-refractivity contribution in [3.63, 3.8) is 0 Å². The van der Waals surface area contributed by atoms with Crippen molar-refractivity contribution in [3.8, 4) is 6.07 Å². The number of hydrogen-bond donors (Lipinski definition) is 0. The third-order valence-electron chi connectivity index (χ3n) is 4.31. The van der Waals surface area contributed by atoms with Gasteiger partial charge in [0, 0.05) is 13.1 Å². The number of halogens is 1. The predicted molar refractivity (Wildman–Crippen MR) is 101 cm³/mol. The largest absolute Gasteiger partial charge is 0.327 e. The molecule has 0 spiro atoms. The van der Waals surface area contributed by atoms with E-state index in [0.717, 1.165) is 42.9 Å². The maximum Gasteiger partial charge on any atom is 0.124 e. The van der Waals surface area contributed by atoms with Crippen molar-refractivity contribution < 1.29 is 0 Å². The van der Waals surface area contributed by atoms with Gasteiger partial charge in [0.1, 0.15) is 17.4 Å². The Balaban J connectivity index is 1.68. The summed E-state index contributed by atoms with van der Waals surface area (Å²) < 4.78 is 2.14. The van der Waals surface area contributed by atoms with E-state index in [1.807, 2.05) is 18.2 Å². The highest BCUT2D eigenvalue weighted by Gasteiger charge is 2.12. The molecule has 0 amide bonds. The van der Waals surface area contributed by atoms with Crippen molar-refractivity contribution in [2.75, 3.05) is 13.6 Å². The average molecular weight is 353 g/mol. The van der Waals surface area contributed by atoms with E-state index in [2.05, 4.69) is 51.8 Å². The van der Waals surface area contributed by atoms with Crippen LogP contribution in [-0.4, -0.2) is 28.0 Å². The van der Waals surface area contributed by atoms with Crippen LogP contribution in [0.5, 0.6) is 0 Å². The molecule has 128 valence electrons. The number of benzene rings is 2. The molecule has 0 atom stereocenters. The number of alkyl halides is 1. The molecular formula is C20H21ClN4. The number of para-hydroxylation sites is 1. The van der Waals surface area contributed by atoms with Crippen LogP contribution in [0.25, 0.3) is 11.0 Å². The average Bonchev–Trinajstić information content (AvgIpc) is 3.00. The Labute approximate surface area is 153 Å². The van der Waals surface area contributed by atoms with Gasteiger partial charge in [0.15, 0.2) is 0 Å². The molecular weight excluding hydrogens is 332 g/mol. The van der Waals surface area contributed by atoms with Crippen LogP contribution in [0, 0.1) is 11.3 Å². The Morgan fingerprint density at radius 3 is 2.68 bits per heavy atom. The van der Waals surface area contributed by atoms with Gasteiger partial charge in [0.25, 0.3) is 0 Å². The zero-order valence-corrected chi connectivity index (χ0v) is 15.1. The van der Waals surface area contributed by atoms with E-state index in [0.29, 0.717) is 11.4 Å². The van der Waals surface area contributed by atoms with E-state index >= 15 is 0 Å². The van der Waals surface area contributed by atoms with Crippen LogP contribution in [0.15, 0.2) is 48.5 Å². The second-order valence-electron chi connectivity index (χ2n) is 6.18. The summed E-state index contributed by atoms with van der Waals surface area (Å²) in [5, 5.41) is 9.26. The molecule has 0 saturated heterocycles. The lowest BCUT2D eigenvalue weighted by Crippen LogP contribution is -2.20. The molecule has 0 aliphatic carbocycles. The maximum atomic E-state index is 9.26. The van der Waals surface area contributed by atoms with Crippen LogP contribution < -0.4 is 0 Å². The number of fused-ring (bicyclic) bond motifs is 1. The Kier molecular flexibility index (Phi) is 5.70. The van der Waals surface area contributed by atoms with E-state index in [-0.39, 0.29) is 0 Å². The van der Waals surface area contributed by atoms with Crippen molar-refractivity contribution >= 4 is 22.6 Å². The summed E-state index contributed by atoms with van der Waals surface area (Å²) in [5.41, 5.74) is 3.65. The van der Waals surface area contributed by atoms with Crippen LogP contribution in [0.2, 0.25) is 0 Å². The first kappa shape index (κ1) is 17.5. The van der Waals surface area contributed by atoms with E-state index < -0.39 is 0 Å². The Morgan fingerprint density at radius 1 is 1.16 bits per heavy atom. The van der Waals surface area contributed by atoms with E-state index in [1.54, 1.807) is 6.07 Å². The van der Waals surface area contributed by atoms with Gasteiger partial charge in [0.05, 0.1) is 17.0 Å². The molecule has 4 nitrogen and oxygen atoms in total. The van der Waals surface area contributed by atoms with Crippen molar-refractivity contribution in [1.29, 1.82) is 5.26 Å². The molecule has 0 bridgehead atoms. The van der Waals surface area contributed by atoms with Crippen molar-refractivity contribution in [2.24, 2.45) is 0 Å². The summed E-state index contributed by atoms with van der Waals surface area (Å²) in [6, 6.07) is 18.4. The fraction of sp³-hybridized carbons (Fsp3) is 0.300. The van der Waals surface area contributed by atoms with Gasteiger partial charge < -0.3 is 9.47 Å². The number of aryl methyl sites for hydroxylation is 1. The molecule has 0 N–H and O–H groups in total. The highest BCUT2D eigenvalue weighted by Crippen LogP contribution is 2.21. The molecule has 5 heteroatoms. The second kappa shape index (κ2) is 8.15. The Bertz CT molecular complexity index is 880. The first-order chi connectivity index (χ1) is 12.2. The van der Waals surface area contributed by atoms with Gasteiger partial charge in [-0.2, -0.15) is 5.26 Å². The molecule has 0 radical (unpaired) electrons. The number of hydrogen-bond acceptors (Lipinski definition) is 3. The highest BCUT2D eigenvalue weighted by atomic mass is 35.5. The number of rotatable bonds is 7. The fourth-order valence-corrected chi connectivity index (χ4v) is 3.31. The SMILES string of the molecule is CN(CCCn1c(CCl)nc2c(C#N)cccc21)Cc1ccccc1. The number of imidazole rings is 1. The normalized spacial score (nSPS) is 11.1. The predicted octanol–water partition coefficient (Wildman–Crippen LogP) is 4.17. The zero-order valence-electron chi connectivity index (χ0n) is 14.3. The topological polar surface area (TPSA) is 44.9 Å². The minimum Gasteiger partial charge on any atom is -0.327 e. The summed E-state index contributed by atoms with van der Waals surface area (Å²) in [6.07, 6.45) is 0.995. The van der Waals surface area contributed by atoms with Crippen LogP contribution in [-0.2, 0) is 19.0 Å². The third-order valence-corrected chi connectivity index (χ3v) is 4.55. The van der Waals surface area contributed by atoms with Gasteiger partial charge in [-0.1, -0.05) is 36.4 Å². The van der Waals surface area contributed by atoms with Gasteiger partial charge in [-0.15, -0.1) is 11.6 Å². The molecule has 25 heavy (non-hydrogen) atoms. The highest BCUT2D eigenvalue weighted by molar-refractivity contribution is 6.16. The summed E-state index contributed by atoms with van der Waals surface area (Å²) >= 11 is 6.07. The van der Waals surface area contributed by atoms with Crippen molar-refractivity contribution in [3.05, 3.63) is 65.5 Å². The van der Waals surface area contributed by atoms with E-state index in [9.17, 15) is 5.26 Å². The Morgan fingerprint density at radius 2 is 1.96 bits per heavy atom. The molecule has 0 unspecified atom stereocenters. The first-order valence-electron chi connectivity index (χ1n) is 8.39. The minimum atomic E-state index is 0.347. The van der Waals surface area contributed by atoms with Crippen LogP contribution in [0.1, 0.15) is 23.4 Å². The lowest BCUT2D eigenvalue weighted by molar-refractivity contribution is 0.314. The molecule has 0 fully saturated rings. The third kappa shape index (κ3) is 4.01. The monoisotopic (exact) mass is 352 g/mol. The van der Waals surface area contributed by atoms with Gasteiger partial charge in [-0.05, 0) is 37.7 Å². The van der Waals surface area contributed by atoms with Gasteiger partial charge in [-0.25, -0.2) is 4.98 Å². The van der Waals surface area contributed by atoms with Crippen LogP contribution >= 0.6 is 11.6 Å². The first-order valence-corrected chi connectivity index (χ1v) is 8.93. The summed E-state index contributed by atoms with van der Waals surface area (Å²) in [6.45, 7) is 2.76. The van der Waals surface area contributed by atoms with Crippen molar-refractivity contribution in [1.82, 2.24) is 14.5 Å². The summed E-state index contributed by atoms with van der Waals surface area (Å²) in [7, 11) is 2.13. The van der Waals surface area contributed by atoms with Crippen LogP contribution in [0.3, 0.4) is 0 Å². The summed E-state index contributed by atoms with van der Waals surface area (Å²) in [5.74, 6) is 1.17. The maximum absolute atomic E-state index is 9.26. The van der Waals surface area contributed by atoms with E-state index in [4.69, 9.17) is 11.6 Å². The summed E-state index contributed by atoms with van der Waals surface area (Å²) in [4.78, 5) is 6.88. The number of aromatic nitrogens is 2.